The average molecular weight is 222 g/mol. The highest BCUT2D eigenvalue weighted by molar-refractivity contribution is 5.00. The molecule has 0 heterocycles. The number of fused-ring (bicyclic) bond motifs is 1. The van der Waals surface area contributed by atoms with Gasteiger partial charge in [0.1, 0.15) is 0 Å². The summed E-state index contributed by atoms with van der Waals surface area (Å²) in [5.41, 5.74) is -2.39. The highest BCUT2D eigenvalue weighted by Gasteiger charge is 2.60. The Kier molecular flexibility index (Phi) is 2.73. The lowest BCUT2D eigenvalue weighted by molar-refractivity contribution is -0.298. The van der Waals surface area contributed by atoms with Crippen LogP contribution in [-0.2, 0) is 0 Å². The van der Waals surface area contributed by atoms with Gasteiger partial charge in [0, 0.05) is 0 Å². The van der Waals surface area contributed by atoms with E-state index in [0.717, 1.165) is 25.7 Å². The molecule has 15 heavy (non-hydrogen) atoms. The van der Waals surface area contributed by atoms with Crippen molar-refractivity contribution in [2.75, 3.05) is 0 Å². The molecule has 2 aliphatic carbocycles. The van der Waals surface area contributed by atoms with Crippen LogP contribution in [0, 0.1) is 11.8 Å². The molecule has 0 aromatic carbocycles. The SMILES string of the molecule is OC1(C(F)(F)F)CCCC2CCCCC21. The molecule has 2 saturated carbocycles. The highest BCUT2D eigenvalue weighted by atomic mass is 19.4. The minimum atomic E-state index is -4.45. The summed E-state index contributed by atoms with van der Waals surface area (Å²) in [4.78, 5) is 0. The molecule has 0 spiro atoms. The maximum atomic E-state index is 12.8. The van der Waals surface area contributed by atoms with Crippen LogP contribution in [0.15, 0.2) is 0 Å². The minimum absolute atomic E-state index is 0.0964. The van der Waals surface area contributed by atoms with E-state index in [1.54, 1.807) is 0 Å². The number of alkyl halides is 3. The van der Waals surface area contributed by atoms with Crippen molar-refractivity contribution in [1.82, 2.24) is 0 Å². The van der Waals surface area contributed by atoms with E-state index in [-0.39, 0.29) is 12.3 Å². The summed E-state index contributed by atoms with van der Waals surface area (Å²) in [6.07, 6.45) is 0.0873. The van der Waals surface area contributed by atoms with E-state index < -0.39 is 17.7 Å². The predicted molar refractivity (Wildman–Crippen MR) is 50.3 cm³/mol. The molecule has 1 N–H and O–H groups in total. The second-order valence-corrected chi connectivity index (χ2v) is 4.97. The quantitative estimate of drug-likeness (QED) is 0.667. The van der Waals surface area contributed by atoms with Crippen LogP contribution in [0.5, 0.6) is 0 Å². The smallest absolute Gasteiger partial charge is 0.380 e. The van der Waals surface area contributed by atoms with E-state index in [0.29, 0.717) is 12.8 Å². The zero-order valence-electron chi connectivity index (χ0n) is 8.69. The first-order chi connectivity index (χ1) is 6.95. The minimum Gasteiger partial charge on any atom is -0.380 e. The van der Waals surface area contributed by atoms with Gasteiger partial charge in [-0.2, -0.15) is 13.2 Å². The summed E-state index contributed by atoms with van der Waals surface area (Å²) < 4.78 is 38.5. The molecular formula is C11H17F3O. The first-order valence-corrected chi connectivity index (χ1v) is 5.74. The van der Waals surface area contributed by atoms with Gasteiger partial charge in [0.15, 0.2) is 5.60 Å². The van der Waals surface area contributed by atoms with Gasteiger partial charge in [0.2, 0.25) is 0 Å². The number of rotatable bonds is 0. The maximum absolute atomic E-state index is 12.8. The second kappa shape index (κ2) is 3.65. The largest absolute Gasteiger partial charge is 0.417 e. The molecule has 0 aromatic rings. The third kappa shape index (κ3) is 1.77. The highest BCUT2D eigenvalue weighted by Crippen LogP contribution is 2.52. The summed E-state index contributed by atoms with van der Waals surface area (Å²) in [5.74, 6) is -0.445. The van der Waals surface area contributed by atoms with Gasteiger partial charge >= 0.3 is 6.18 Å². The third-order valence-electron chi connectivity index (χ3n) is 4.15. The number of hydrogen-bond acceptors (Lipinski definition) is 1. The molecule has 1 nitrogen and oxygen atoms in total. The number of halogens is 3. The lowest BCUT2D eigenvalue weighted by Crippen LogP contribution is -2.56. The van der Waals surface area contributed by atoms with E-state index in [2.05, 4.69) is 0 Å². The van der Waals surface area contributed by atoms with E-state index in [9.17, 15) is 18.3 Å². The van der Waals surface area contributed by atoms with Crippen molar-refractivity contribution in [3.05, 3.63) is 0 Å². The summed E-state index contributed by atoms with van der Waals surface area (Å²) in [7, 11) is 0. The Labute approximate surface area is 87.7 Å². The number of aliphatic hydroxyl groups is 1. The molecule has 2 fully saturated rings. The van der Waals surface area contributed by atoms with Crippen LogP contribution in [0.2, 0.25) is 0 Å². The van der Waals surface area contributed by atoms with Gasteiger partial charge < -0.3 is 5.11 Å². The van der Waals surface area contributed by atoms with Gasteiger partial charge in [-0.25, -0.2) is 0 Å². The van der Waals surface area contributed by atoms with Crippen molar-refractivity contribution in [2.24, 2.45) is 11.8 Å². The van der Waals surface area contributed by atoms with Gasteiger partial charge in [0.05, 0.1) is 0 Å². The first-order valence-electron chi connectivity index (χ1n) is 5.74. The summed E-state index contributed by atoms with van der Waals surface area (Å²) in [6, 6.07) is 0. The lowest BCUT2D eigenvalue weighted by Gasteiger charge is -2.47. The first kappa shape index (κ1) is 11.2. The molecule has 2 aliphatic rings. The number of hydrogen-bond donors (Lipinski definition) is 1. The zero-order valence-corrected chi connectivity index (χ0v) is 8.69. The Morgan fingerprint density at radius 2 is 1.60 bits per heavy atom. The van der Waals surface area contributed by atoms with Crippen LogP contribution in [0.3, 0.4) is 0 Å². The summed E-state index contributed by atoms with van der Waals surface area (Å²) >= 11 is 0. The van der Waals surface area contributed by atoms with Crippen LogP contribution < -0.4 is 0 Å². The zero-order chi connectivity index (χ0) is 11.1. The van der Waals surface area contributed by atoms with Crippen LogP contribution in [0.1, 0.15) is 44.9 Å². The fourth-order valence-electron chi connectivity index (χ4n) is 3.35. The summed E-state index contributed by atoms with van der Waals surface area (Å²) in [6.45, 7) is 0. The molecule has 0 radical (unpaired) electrons. The summed E-state index contributed by atoms with van der Waals surface area (Å²) in [5, 5.41) is 9.88. The average Bonchev–Trinajstić information content (AvgIpc) is 2.17. The van der Waals surface area contributed by atoms with Gasteiger partial charge in [-0.3, -0.25) is 0 Å². The fraction of sp³-hybridized carbons (Fsp3) is 1.00. The van der Waals surface area contributed by atoms with Gasteiger partial charge in [0.25, 0.3) is 0 Å². The molecule has 4 heteroatoms. The lowest BCUT2D eigenvalue weighted by atomic mass is 9.63. The molecule has 3 unspecified atom stereocenters. The topological polar surface area (TPSA) is 20.2 Å². The molecule has 0 aromatic heterocycles. The van der Waals surface area contributed by atoms with Crippen LogP contribution in [0.25, 0.3) is 0 Å². The van der Waals surface area contributed by atoms with Crippen LogP contribution >= 0.6 is 0 Å². The Hall–Kier alpha value is -0.250. The fourth-order valence-corrected chi connectivity index (χ4v) is 3.35. The standard InChI is InChI=1S/C11H17F3O/c12-11(13,14)10(15)7-3-5-8-4-1-2-6-9(8)10/h8-9,15H,1-7H2. The molecule has 0 saturated heterocycles. The Morgan fingerprint density at radius 3 is 2.27 bits per heavy atom. The Bertz CT molecular complexity index is 236. The molecular weight excluding hydrogens is 205 g/mol. The molecule has 3 atom stereocenters. The van der Waals surface area contributed by atoms with Gasteiger partial charge in [-0.1, -0.05) is 19.3 Å². The molecule has 88 valence electrons. The van der Waals surface area contributed by atoms with Crippen molar-refractivity contribution < 1.29 is 18.3 Å². The van der Waals surface area contributed by atoms with Crippen LogP contribution in [0.4, 0.5) is 13.2 Å². The van der Waals surface area contributed by atoms with Crippen LogP contribution in [-0.4, -0.2) is 16.9 Å². The van der Waals surface area contributed by atoms with Crippen molar-refractivity contribution in [3.8, 4) is 0 Å². The molecule has 0 aliphatic heterocycles. The second-order valence-electron chi connectivity index (χ2n) is 4.97. The maximum Gasteiger partial charge on any atom is 0.417 e. The van der Waals surface area contributed by atoms with Crippen molar-refractivity contribution >= 4 is 0 Å². The molecule has 0 bridgehead atoms. The monoisotopic (exact) mass is 222 g/mol. The van der Waals surface area contributed by atoms with Crippen molar-refractivity contribution in [2.45, 2.75) is 56.7 Å². The van der Waals surface area contributed by atoms with Crippen molar-refractivity contribution in [1.29, 1.82) is 0 Å². The van der Waals surface area contributed by atoms with Gasteiger partial charge in [-0.05, 0) is 37.5 Å². The van der Waals surface area contributed by atoms with E-state index >= 15 is 0 Å². The van der Waals surface area contributed by atoms with Crippen molar-refractivity contribution in [3.63, 3.8) is 0 Å². The third-order valence-corrected chi connectivity index (χ3v) is 4.15. The Morgan fingerprint density at radius 1 is 1.00 bits per heavy atom. The normalized spacial score (nSPS) is 42.4. The molecule has 0 amide bonds. The predicted octanol–water partition coefficient (Wildman–Crippen LogP) is 3.27. The molecule has 2 rings (SSSR count). The van der Waals surface area contributed by atoms with Gasteiger partial charge in [-0.15, -0.1) is 0 Å². The van der Waals surface area contributed by atoms with E-state index in [1.807, 2.05) is 0 Å². The Balaban J connectivity index is 2.23. The van der Waals surface area contributed by atoms with E-state index in [1.165, 1.54) is 0 Å². The van der Waals surface area contributed by atoms with E-state index in [4.69, 9.17) is 0 Å².